The van der Waals surface area contributed by atoms with Gasteiger partial charge in [0, 0.05) is 29.1 Å². The summed E-state index contributed by atoms with van der Waals surface area (Å²) in [5.74, 6) is 1.08. The minimum absolute atomic E-state index is 0.0668. The number of aromatic nitrogens is 3. The summed E-state index contributed by atoms with van der Waals surface area (Å²) >= 11 is 0. The predicted molar refractivity (Wildman–Crippen MR) is 138 cm³/mol. The van der Waals surface area contributed by atoms with Crippen molar-refractivity contribution in [2.45, 2.75) is 25.0 Å². The molecule has 6 heteroatoms. The van der Waals surface area contributed by atoms with E-state index in [1.807, 2.05) is 6.20 Å². The first-order valence-electron chi connectivity index (χ1n) is 11.4. The lowest BCUT2D eigenvalue weighted by atomic mass is 9.77. The molecule has 0 fully saturated rings. The summed E-state index contributed by atoms with van der Waals surface area (Å²) < 4.78 is 7.94. The van der Waals surface area contributed by atoms with Crippen molar-refractivity contribution in [1.29, 1.82) is 0 Å². The number of hydrogen-bond acceptors (Lipinski definition) is 4. The maximum absolute atomic E-state index is 6.40. The van der Waals surface area contributed by atoms with Crippen molar-refractivity contribution in [3.8, 4) is 11.3 Å². The zero-order chi connectivity index (χ0) is 22.8. The van der Waals surface area contributed by atoms with E-state index in [4.69, 9.17) is 10.5 Å². The highest BCUT2D eigenvalue weighted by Crippen LogP contribution is 2.40. The van der Waals surface area contributed by atoms with Gasteiger partial charge in [-0.25, -0.2) is 9.97 Å². The van der Waals surface area contributed by atoms with E-state index in [0.717, 1.165) is 47.5 Å². The molecule has 0 bridgehead atoms. The summed E-state index contributed by atoms with van der Waals surface area (Å²) in [5, 5.41) is 1.04. The van der Waals surface area contributed by atoms with Crippen molar-refractivity contribution in [2.24, 2.45) is 5.73 Å². The van der Waals surface area contributed by atoms with Crippen molar-refractivity contribution in [2.75, 3.05) is 31.4 Å². The minimum atomic E-state index is -0.0668. The van der Waals surface area contributed by atoms with Crippen LogP contribution in [0, 0.1) is 0 Å². The number of nitrogens with two attached hydrogens (primary N) is 1. The van der Waals surface area contributed by atoms with Gasteiger partial charge in [0.05, 0.1) is 24.8 Å². The number of fused-ring (bicyclic) bond motifs is 2. The van der Waals surface area contributed by atoms with E-state index < -0.39 is 0 Å². The minimum Gasteiger partial charge on any atom is -0.356 e. The standard InChI is InChI=1S/C27H31N4OS/c1-33(2)13-12-32-19-31-11-10-24-25(29-18-30-26(24)31)20-8-5-9-23(14-20)27(17-28)15-21-6-3-4-7-22(21)16-27/h3-11,14,18H,12-13,15-17,19,28H2,1-2H3/q+1. The first-order valence-corrected chi connectivity index (χ1v) is 13.6. The third kappa shape index (κ3) is 4.31. The molecule has 4 aromatic rings. The second-order valence-corrected chi connectivity index (χ2v) is 11.5. The molecule has 5 rings (SSSR count). The van der Waals surface area contributed by atoms with Crippen molar-refractivity contribution in [3.05, 3.63) is 83.8 Å². The van der Waals surface area contributed by atoms with E-state index in [9.17, 15) is 0 Å². The van der Waals surface area contributed by atoms with Gasteiger partial charge in [-0.15, -0.1) is 0 Å². The molecule has 1 aliphatic rings. The molecule has 2 heterocycles. The lowest BCUT2D eigenvalue weighted by Crippen LogP contribution is -2.36. The monoisotopic (exact) mass is 459 g/mol. The number of hydrogen-bond donors (Lipinski definition) is 1. The molecule has 0 aliphatic heterocycles. The summed E-state index contributed by atoms with van der Waals surface area (Å²) in [4.78, 5) is 9.22. The number of nitrogens with zero attached hydrogens (tertiary/aromatic N) is 3. The third-order valence-electron chi connectivity index (χ3n) is 6.74. The lowest BCUT2D eigenvalue weighted by Gasteiger charge is -2.28. The van der Waals surface area contributed by atoms with Crippen LogP contribution >= 0.6 is 0 Å². The predicted octanol–water partition coefficient (Wildman–Crippen LogP) is 3.95. The summed E-state index contributed by atoms with van der Waals surface area (Å²) in [7, 11) is 0.391. The molecule has 170 valence electrons. The first kappa shape index (κ1) is 22.1. The van der Waals surface area contributed by atoms with Gasteiger partial charge < -0.3 is 15.0 Å². The van der Waals surface area contributed by atoms with Gasteiger partial charge >= 0.3 is 0 Å². The first-order chi connectivity index (χ1) is 16.1. The largest absolute Gasteiger partial charge is 0.356 e. The smallest absolute Gasteiger partial charge is 0.145 e. The van der Waals surface area contributed by atoms with Crippen molar-refractivity contribution < 1.29 is 4.74 Å². The van der Waals surface area contributed by atoms with Crippen LogP contribution in [0.3, 0.4) is 0 Å². The van der Waals surface area contributed by atoms with Crippen molar-refractivity contribution in [3.63, 3.8) is 0 Å². The summed E-state index contributed by atoms with van der Waals surface area (Å²) in [6.07, 6.45) is 10.1. The molecule has 2 N–H and O–H groups in total. The van der Waals surface area contributed by atoms with E-state index in [1.165, 1.54) is 16.7 Å². The number of benzene rings is 2. The summed E-state index contributed by atoms with van der Waals surface area (Å²) in [6.45, 7) is 1.89. The Labute approximate surface area is 198 Å². The SMILES string of the molecule is C[S+](C)CCOCn1ccc2c(-c3cccc(C4(CN)Cc5ccccc5C4)c3)ncnc21. The third-order valence-corrected chi connectivity index (χ3v) is 7.72. The molecule has 2 aromatic heterocycles. The molecule has 0 saturated carbocycles. The molecule has 5 nitrogen and oxygen atoms in total. The quantitative estimate of drug-likeness (QED) is 0.320. The van der Waals surface area contributed by atoms with E-state index in [1.54, 1.807) is 6.33 Å². The highest BCUT2D eigenvalue weighted by molar-refractivity contribution is 7.95. The highest BCUT2D eigenvalue weighted by atomic mass is 32.2. The molecule has 0 amide bonds. The van der Waals surface area contributed by atoms with Gasteiger partial charge in [0.15, 0.2) is 0 Å². The van der Waals surface area contributed by atoms with E-state index in [-0.39, 0.29) is 5.41 Å². The molecule has 0 atom stereocenters. The fourth-order valence-electron chi connectivity index (χ4n) is 4.88. The van der Waals surface area contributed by atoms with E-state index >= 15 is 0 Å². The van der Waals surface area contributed by atoms with E-state index in [2.05, 4.69) is 81.6 Å². The average Bonchev–Trinajstić information content (AvgIpc) is 3.44. The van der Waals surface area contributed by atoms with Gasteiger partial charge in [-0.05, 0) is 52.6 Å². The normalized spacial score (nSPS) is 14.8. The molecule has 0 saturated heterocycles. The van der Waals surface area contributed by atoms with E-state index in [0.29, 0.717) is 24.2 Å². The molecule has 2 aromatic carbocycles. The van der Waals surface area contributed by atoms with Gasteiger partial charge in [0.2, 0.25) is 0 Å². The van der Waals surface area contributed by atoms with Gasteiger partial charge in [-0.2, -0.15) is 0 Å². The molecule has 0 radical (unpaired) electrons. The molecule has 1 aliphatic carbocycles. The van der Waals surface area contributed by atoms with Crippen molar-refractivity contribution in [1.82, 2.24) is 14.5 Å². The number of ether oxygens (including phenoxy) is 1. The Morgan fingerprint density at radius 1 is 1.03 bits per heavy atom. The summed E-state index contributed by atoms with van der Waals surface area (Å²) in [5.41, 5.74) is 13.4. The van der Waals surface area contributed by atoms with Gasteiger partial charge in [-0.1, -0.05) is 42.5 Å². The Morgan fingerprint density at radius 2 is 1.82 bits per heavy atom. The van der Waals surface area contributed by atoms with Crippen LogP contribution < -0.4 is 5.73 Å². The molecular weight excluding hydrogens is 428 g/mol. The molecule has 0 spiro atoms. The Hall–Kier alpha value is -2.67. The molecule has 0 unspecified atom stereocenters. The number of rotatable bonds is 8. The van der Waals surface area contributed by atoms with Gasteiger partial charge in [0.1, 0.15) is 24.5 Å². The summed E-state index contributed by atoms with van der Waals surface area (Å²) in [6, 6.07) is 19.6. The van der Waals surface area contributed by atoms with Crippen molar-refractivity contribution >= 4 is 21.9 Å². The van der Waals surface area contributed by atoms with Crippen LogP contribution in [-0.2, 0) is 40.6 Å². The Balaban J connectivity index is 1.45. The van der Waals surface area contributed by atoms with Crippen LogP contribution in [0.15, 0.2) is 67.1 Å². The maximum Gasteiger partial charge on any atom is 0.145 e. The average molecular weight is 460 g/mol. The molecular formula is C27H31N4OS+. The fourth-order valence-corrected chi connectivity index (χ4v) is 5.33. The zero-order valence-electron chi connectivity index (χ0n) is 19.3. The highest BCUT2D eigenvalue weighted by Gasteiger charge is 2.37. The Bertz CT molecular complexity index is 1240. The topological polar surface area (TPSA) is 66.0 Å². The Kier molecular flexibility index (Phi) is 6.23. The van der Waals surface area contributed by atoms with Crippen LogP contribution in [0.2, 0.25) is 0 Å². The Morgan fingerprint density at radius 3 is 2.55 bits per heavy atom. The second-order valence-electron chi connectivity index (χ2n) is 9.16. The van der Waals surface area contributed by atoms with Crippen LogP contribution in [-0.4, -0.2) is 46.0 Å². The van der Waals surface area contributed by atoms with Crippen LogP contribution in [0.4, 0.5) is 0 Å². The van der Waals surface area contributed by atoms with Gasteiger partial charge in [-0.3, -0.25) is 0 Å². The van der Waals surface area contributed by atoms with Crippen LogP contribution in [0.1, 0.15) is 16.7 Å². The van der Waals surface area contributed by atoms with Crippen LogP contribution in [0.5, 0.6) is 0 Å². The fraction of sp³-hybridized carbons (Fsp3) is 0.333. The van der Waals surface area contributed by atoms with Crippen LogP contribution in [0.25, 0.3) is 22.3 Å². The van der Waals surface area contributed by atoms with Gasteiger partial charge in [0.25, 0.3) is 0 Å². The lowest BCUT2D eigenvalue weighted by molar-refractivity contribution is 0.0924. The zero-order valence-corrected chi connectivity index (χ0v) is 20.1. The second kappa shape index (κ2) is 9.29. The molecule has 33 heavy (non-hydrogen) atoms. The maximum atomic E-state index is 6.40.